The van der Waals surface area contributed by atoms with E-state index in [1.54, 1.807) is 27.7 Å². The summed E-state index contributed by atoms with van der Waals surface area (Å²) in [5.41, 5.74) is 0.352. The van der Waals surface area contributed by atoms with Crippen molar-refractivity contribution in [1.82, 2.24) is 14.5 Å². The molecular weight excluding hydrogens is 402 g/mol. The summed E-state index contributed by atoms with van der Waals surface area (Å²) in [4.78, 5) is 32.9. The lowest BCUT2D eigenvalue weighted by Gasteiger charge is -2.29. The Hall–Kier alpha value is -2.86. The summed E-state index contributed by atoms with van der Waals surface area (Å²) in [7, 11) is 0. The van der Waals surface area contributed by atoms with Gasteiger partial charge in [0.15, 0.2) is 0 Å². The molecule has 1 aliphatic heterocycles. The fourth-order valence-electron chi connectivity index (χ4n) is 3.83. The number of nitrogens with zero attached hydrogens (tertiary/aromatic N) is 3. The molecule has 156 valence electrons. The molecule has 0 radical (unpaired) electrons. The van der Waals surface area contributed by atoms with Crippen LogP contribution in [0.25, 0.3) is 16.6 Å². The van der Waals surface area contributed by atoms with Crippen molar-refractivity contribution in [3.63, 3.8) is 0 Å². The Labute approximate surface area is 180 Å². The Morgan fingerprint density at radius 2 is 1.87 bits per heavy atom. The first kappa shape index (κ1) is 20.4. The van der Waals surface area contributed by atoms with Crippen LogP contribution in [0.2, 0.25) is 5.02 Å². The predicted octanol–water partition coefficient (Wildman–Crippen LogP) is 5.11. The summed E-state index contributed by atoms with van der Waals surface area (Å²) < 4.78 is 7.18. The molecule has 2 aromatic carbocycles. The molecule has 0 N–H and O–H groups in total. The van der Waals surface area contributed by atoms with Gasteiger partial charge in [-0.1, -0.05) is 35.9 Å². The molecule has 7 heteroatoms. The number of para-hydroxylation sites is 1. The van der Waals surface area contributed by atoms with Crippen LogP contribution in [0.3, 0.4) is 0 Å². The van der Waals surface area contributed by atoms with Crippen LogP contribution in [0, 0.1) is 0 Å². The first-order valence-corrected chi connectivity index (χ1v) is 10.4. The number of carbonyl (C=O) groups is 1. The number of aromatic nitrogens is 2. The minimum atomic E-state index is -0.604. The molecule has 1 aromatic heterocycles. The van der Waals surface area contributed by atoms with E-state index in [4.69, 9.17) is 21.3 Å². The van der Waals surface area contributed by atoms with Crippen molar-refractivity contribution in [3.8, 4) is 5.69 Å². The molecule has 1 atom stereocenters. The second kappa shape index (κ2) is 7.76. The standard InChI is InChI=1S/C23H24ClN3O3/c1-23(2,3)30-22(29)26-14-8-13-18(26)20-25-17-12-7-11-16(24)19(17)21(28)27(20)15-9-5-4-6-10-15/h4-7,9-12,18H,8,13-14H2,1-3H3. The van der Waals surface area contributed by atoms with Crippen molar-refractivity contribution in [1.29, 1.82) is 0 Å². The second-order valence-electron chi connectivity index (χ2n) is 8.41. The van der Waals surface area contributed by atoms with Gasteiger partial charge in [-0.15, -0.1) is 0 Å². The lowest BCUT2D eigenvalue weighted by Crippen LogP contribution is -2.38. The molecule has 0 bridgehead atoms. The molecule has 2 heterocycles. The third kappa shape index (κ3) is 3.79. The first-order valence-electron chi connectivity index (χ1n) is 10.0. The Kier molecular flexibility index (Phi) is 5.28. The molecule has 1 unspecified atom stereocenters. The van der Waals surface area contributed by atoms with Crippen LogP contribution in [-0.4, -0.2) is 32.7 Å². The number of hydrogen-bond donors (Lipinski definition) is 0. The number of benzene rings is 2. The van der Waals surface area contributed by atoms with Gasteiger partial charge in [0.05, 0.1) is 27.7 Å². The van der Waals surface area contributed by atoms with Crippen LogP contribution in [0.4, 0.5) is 4.79 Å². The van der Waals surface area contributed by atoms with Crippen LogP contribution < -0.4 is 5.56 Å². The minimum absolute atomic E-state index is 0.247. The third-order valence-electron chi connectivity index (χ3n) is 5.07. The van der Waals surface area contributed by atoms with Gasteiger partial charge in [-0.3, -0.25) is 14.3 Å². The van der Waals surface area contributed by atoms with E-state index < -0.39 is 11.7 Å². The molecule has 0 spiro atoms. The summed E-state index contributed by atoms with van der Waals surface area (Å²) in [6.45, 7) is 6.07. The highest BCUT2D eigenvalue weighted by Gasteiger charge is 2.36. The zero-order valence-corrected chi connectivity index (χ0v) is 18.0. The highest BCUT2D eigenvalue weighted by molar-refractivity contribution is 6.35. The van der Waals surface area contributed by atoms with Gasteiger partial charge in [-0.05, 0) is 57.9 Å². The zero-order chi connectivity index (χ0) is 21.5. The Morgan fingerprint density at radius 1 is 1.13 bits per heavy atom. The molecule has 1 aliphatic rings. The van der Waals surface area contributed by atoms with E-state index in [2.05, 4.69) is 0 Å². The van der Waals surface area contributed by atoms with Crippen molar-refractivity contribution < 1.29 is 9.53 Å². The average molecular weight is 426 g/mol. The van der Waals surface area contributed by atoms with E-state index in [9.17, 15) is 9.59 Å². The Morgan fingerprint density at radius 3 is 2.57 bits per heavy atom. The van der Waals surface area contributed by atoms with Gasteiger partial charge >= 0.3 is 6.09 Å². The molecule has 1 amide bonds. The number of rotatable bonds is 2. The maximum absolute atomic E-state index is 13.5. The van der Waals surface area contributed by atoms with Crippen molar-refractivity contribution in [3.05, 3.63) is 69.7 Å². The molecule has 0 aliphatic carbocycles. The summed E-state index contributed by atoms with van der Waals surface area (Å²) in [5.74, 6) is 0.518. The number of ether oxygens (including phenoxy) is 1. The highest BCUT2D eigenvalue weighted by atomic mass is 35.5. The lowest BCUT2D eigenvalue weighted by atomic mass is 10.1. The fraction of sp³-hybridized carbons (Fsp3) is 0.348. The molecule has 1 fully saturated rings. The Balaban J connectivity index is 1.92. The molecule has 4 rings (SSSR count). The van der Waals surface area contributed by atoms with Crippen molar-refractivity contribution in [2.45, 2.75) is 45.3 Å². The van der Waals surface area contributed by atoms with E-state index in [1.807, 2.05) is 51.1 Å². The van der Waals surface area contributed by atoms with Gasteiger partial charge in [0.2, 0.25) is 0 Å². The summed E-state index contributed by atoms with van der Waals surface area (Å²) in [5, 5.41) is 0.727. The summed E-state index contributed by atoms with van der Waals surface area (Å²) >= 11 is 6.35. The summed E-state index contributed by atoms with van der Waals surface area (Å²) in [6, 6.07) is 14.2. The minimum Gasteiger partial charge on any atom is -0.444 e. The molecule has 6 nitrogen and oxygen atoms in total. The van der Waals surface area contributed by atoms with Gasteiger partial charge in [0.25, 0.3) is 5.56 Å². The zero-order valence-electron chi connectivity index (χ0n) is 17.3. The second-order valence-corrected chi connectivity index (χ2v) is 8.82. The maximum atomic E-state index is 13.5. The normalized spacial score (nSPS) is 16.8. The van der Waals surface area contributed by atoms with E-state index in [-0.39, 0.29) is 11.6 Å². The van der Waals surface area contributed by atoms with E-state index in [0.717, 1.165) is 6.42 Å². The van der Waals surface area contributed by atoms with Crippen LogP contribution in [0.5, 0.6) is 0 Å². The fourth-order valence-corrected chi connectivity index (χ4v) is 4.08. The van der Waals surface area contributed by atoms with Crippen LogP contribution >= 0.6 is 11.6 Å². The topological polar surface area (TPSA) is 64.4 Å². The van der Waals surface area contributed by atoms with Crippen LogP contribution in [-0.2, 0) is 4.74 Å². The number of amides is 1. The molecule has 1 saturated heterocycles. The van der Waals surface area contributed by atoms with E-state index in [1.165, 1.54) is 0 Å². The molecule has 3 aromatic rings. The molecule has 0 saturated carbocycles. The largest absolute Gasteiger partial charge is 0.444 e. The molecular formula is C23H24ClN3O3. The van der Waals surface area contributed by atoms with Gasteiger partial charge < -0.3 is 4.74 Å². The van der Waals surface area contributed by atoms with Crippen LogP contribution in [0.15, 0.2) is 53.3 Å². The van der Waals surface area contributed by atoms with Gasteiger partial charge in [0, 0.05) is 6.54 Å². The number of carbonyl (C=O) groups excluding carboxylic acids is 1. The number of fused-ring (bicyclic) bond motifs is 1. The number of likely N-dealkylation sites (tertiary alicyclic amines) is 1. The maximum Gasteiger partial charge on any atom is 0.410 e. The monoisotopic (exact) mass is 425 g/mol. The number of halogens is 1. The SMILES string of the molecule is CC(C)(C)OC(=O)N1CCCC1c1nc2cccc(Cl)c2c(=O)n1-c1ccccc1. The molecule has 30 heavy (non-hydrogen) atoms. The predicted molar refractivity (Wildman–Crippen MR) is 117 cm³/mol. The van der Waals surface area contributed by atoms with E-state index in [0.29, 0.717) is 40.4 Å². The van der Waals surface area contributed by atoms with Crippen molar-refractivity contribution >= 4 is 28.6 Å². The number of hydrogen-bond acceptors (Lipinski definition) is 4. The Bertz CT molecular complexity index is 1150. The van der Waals surface area contributed by atoms with Crippen molar-refractivity contribution in [2.75, 3.05) is 6.54 Å². The van der Waals surface area contributed by atoms with Gasteiger partial charge in [0.1, 0.15) is 11.4 Å². The van der Waals surface area contributed by atoms with Gasteiger partial charge in [-0.2, -0.15) is 0 Å². The van der Waals surface area contributed by atoms with Crippen molar-refractivity contribution in [2.24, 2.45) is 0 Å². The van der Waals surface area contributed by atoms with E-state index >= 15 is 0 Å². The summed E-state index contributed by atoms with van der Waals surface area (Å²) in [6.07, 6.45) is 1.11. The first-order chi connectivity index (χ1) is 14.3. The average Bonchev–Trinajstić information content (AvgIpc) is 3.17. The smallest absolute Gasteiger partial charge is 0.410 e. The van der Waals surface area contributed by atoms with Crippen LogP contribution in [0.1, 0.15) is 45.5 Å². The third-order valence-corrected chi connectivity index (χ3v) is 5.38. The van der Waals surface area contributed by atoms with Gasteiger partial charge in [-0.25, -0.2) is 9.78 Å². The quantitative estimate of drug-likeness (QED) is 0.572. The highest BCUT2D eigenvalue weighted by Crippen LogP contribution is 2.34. The lowest BCUT2D eigenvalue weighted by molar-refractivity contribution is 0.0216.